The van der Waals surface area contributed by atoms with E-state index in [1.165, 1.54) is 4.52 Å². The Labute approximate surface area is 230 Å². The van der Waals surface area contributed by atoms with Gasteiger partial charge in [-0.3, -0.25) is 9.59 Å². The molecule has 1 unspecified atom stereocenters. The molecular weight excluding hydrogens is 553 g/mol. The lowest BCUT2D eigenvalue weighted by Gasteiger charge is -2.33. The smallest absolute Gasteiger partial charge is 0.393 e. The average Bonchev–Trinajstić information content (AvgIpc) is 3.51. The van der Waals surface area contributed by atoms with Gasteiger partial charge in [0.05, 0.1) is 40.2 Å². The molecule has 1 spiro atoms. The van der Waals surface area contributed by atoms with Crippen LogP contribution in [0.2, 0.25) is 5.02 Å². The summed E-state index contributed by atoms with van der Waals surface area (Å²) >= 11 is 6.05. The third kappa shape index (κ3) is 4.70. The molecule has 1 atom stereocenters. The SMILES string of the molecule is O=C(Cn1c2c(c(=O)n3nc(C4=CCC(O)CC4)nc13)C1(CCNCC1)OC2)Nc1ccc(C(F)(F)F)cc1Cl. The van der Waals surface area contributed by atoms with Gasteiger partial charge in [0.15, 0.2) is 5.82 Å². The zero-order valence-electron chi connectivity index (χ0n) is 21.2. The number of carbonyl (C=O) groups is 1. The first kappa shape index (κ1) is 26.9. The Bertz CT molecular complexity index is 1590. The van der Waals surface area contributed by atoms with Crippen LogP contribution in [0.25, 0.3) is 11.4 Å². The Balaban J connectivity index is 1.41. The number of rotatable bonds is 4. The minimum Gasteiger partial charge on any atom is -0.393 e. The van der Waals surface area contributed by atoms with Crippen molar-refractivity contribution in [2.75, 3.05) is 18.4 Å². The molecule has 40 heavy (non-hydrogen) atoms. The summed E-state index contributed by atoms with van der Waals surface area (Å²) < 4.78 is 48.1. The minimum atomic E-state index is -4.57. The van der Waals surface area contributed by atoms with Gasteiger partial charge >= 0.3 is 6.18 Å². The second-order valence-corrected chi connectivity index (χ2v) is 10.7. The number of anilines is 1. The molecule has 3 aliphatic rings. The van der Waals surface area contributed by atoms with Crippen LogP contribution in [0.3, 0.4) is 0 Å². The van der Waals surface area contributed by atoms with Gasteiger partial charge in [-0.25, -0.2) is 0 Å². The predicted octanol–water partition coefficient (Wildman–Crippen LogP) is 3.24. The van der Waals surface area contributed by atoms with Gasteiger partial charge in [-0.2, -0.15) is 22.7 Å². The van der Waals surface area contributed by atoms with Crippen molar-refractivity contribution >= 4 is 34.5 Å². The largest absolute Gasteiger partial charge is 0.416 e. The molecule has 4 heterocycles. The van der Waals surface area contributed by atoms with Gasteiger partial charge in [-0.1, -0.05) is 17.7 Å². The van der Waals surface area contributed by atoms with Gasteiger partial charge in [0, 0.05) is 0 Å². The summed E-state index contributed by atoms with van der Waals surface area (Å²) in [6.07, 6.45) is -0.496. The molecule has 1 amide bonds. The maximum atomic E-state index is 13.8. The monoisotopic (exact) mass is 578 g/mol. The molecule has 0 bridgehead atoms. The van der Waals surface area contributed by atoms with E-state index in [0.717, 1.165) is 23.8 Å². The summed E-state index contributed by atoms with van der Waals surface area (Å²) in [5.74, 6) is -0.0906. The molecular formula is C26H26ClF3N6O4. The summed E-state index contributed by atoms with van der Waals surface area (Å²) in [5, 5.41) is 20.0. The summed E-state index contributed by atoms with van der Waals surface area (Å²) in [6.45, 7) is 1.09. The first-order valence-corrected chi connectivity index (χ1v) is 13.4. The number of fused-ring (bicyclic) bond motifs is 3. The van der Waals surface area contributed by atoms with Gasteiger partial charge in [-0.05, 0) is 69.0 Å². The van der Waals surface area contributed by atoms with E-state index in [1.54, 1.807) is 4.57 Å². The van der Waals surface area contributed by atoms with Crippen LogP contribution < -0.4 is 16.2 Å². The number of aromatic nitrogens is 4. The van der Waals surface area contributed by atoms with Crippen molar-refractivity contribution < 1.29 is 27.8 Å². The summed E-state index contributed by atoms with van der Waals surface area (Å²) in [6, 6.07) is 2.69. The molecule has 212 valence electrons. The molecule has 0 radical (unpaired) electrons. The Morgan fingerprint density at radius 2 is 2.08 bits per heavy atom. The average molecular weight is 579 g/mol. The van der Waals surface area contributed by atoms with Crippen molar-refractivity contribution in [3.63, 3.8) is 0 Å². The second kappa shape index (κ2) is 9.98. The highest BCUT2D eigenvalue weighted by Crippen LogP contribution is 2.41. The van der Waals surface area contributed by atoms with Gasteiger partial charge in [0.1, 0.15) is 12.1 Å². The highest BCUT2D eigenvalue weighted by Gasteiger charge is 2.46. The van der Waals surface area contributed by atoms with Crippen LogP contribution in [0.15, 0.2) is 29.1 Å². The van der Waals surface area contributed by atoms with Crippen LogP contribution >= 0.6 is 11.6 Å². The van der Waals surface area contributed by atoms with E-state index < -0.39 is 29.4 Å². The van der Waals surface area contributed by atoms with Gasteiger partial charge in [-0.15, -0.1) is 5.10 Å². The van der Waals surface area contributed by atoms with Crippen molar-refractivity contribution in [2.24, 2.45) is 0 Å². The normalized spacial score (nSPS) is 20.5. The molecule has 2 aliphatic heterocycles. The molecule has 3 aromatic rings. The number of aliphatic hydroxyl groups excluding tert-OH is 1. The van der Waals surface area contributed by atoms with Gasteiger partial charge in [0.25, 0.3) is 5.56 Å². The number of halogens is 4. The third-order valence-corrected chi connectivity index (χ3v) is 8.06. The number of nitrogens with one attached hydrogen (secondary N) is 2. The van der Waals surface area contributed by atoms with Crippen LogP contribution in [0.1, 0.15) is 54.7 Å². The maximum absolute atomic E-state index is 13.8. The second-order valence-electron chi connectivity index (χ2n) is 10.3. The zero-order valence-corrected chi connectivity index (χ0v) is 22.0. The van der Waals surface area contributed by atoms with Crippen LogP contribution in [0, 0.1) is 0 Å². The summed E-state index contributed by atoms with van der Waals surface area (Å²) in [4.78, 5) is 31.6. The lowest BCUT2D eigenvalue weighted by molar-refractivity contribution is -0.137. The van der Waals surface area contributed by atoms with Gasteiger partial charge in [0.2, 0.25) is 11.7 Å². The number of nitrogens with zero attached hydrogens (tertiary/aromatic N) is 4. The van der Waals surface area contributed by atoms with Crippen molar-refractivity contribution in [1.82, 2.24) is 24.5 Å². The highest BCUT2D eigenvalue weighted by atomic mass is 35.5. The molecule has 3 N–H and O–H groups in total. The Morgan fingerprint density at radius 3 is 2.75 bits per heavy atom. The van der Waals surface area contributed by atoms with E-state index in [9.17, 15) is 27.9 Å². The molecule has 14 heteroatoms. The molecule has 1 saturated heterocycles. The first-order valence-electron chi connectivity index (χ1n) is 13.0. The van der Waals surface area contributed by atoms with Gasteiger partial charge < -0.3 is 25.0 Å². The first-order chi connectivity index (χ1) is 19.1. The van der Waals surface area contributed by atoms with E-state index >= 15 is 0 Å². The van der Waals surface area contributed by atoms with E-state index in [-0.39, 0.29) is 35.2 Å². The number of ether oxygens (including phenoxy) is 1. The maximum Gasteiger partial charge on any atom is 0.416 e. The molecule has 1 aliphatic carbocycles. The number of amides is 1. The molecule has 1 aromatic carbocycles. The van der Waals surface area contributed by atoms with Crippen molar-refractivity contribution in [3.05, 3.63) is 62.3 Å². The number of hydrogen-bond donors (Lipinski definition) is 3. The lowest BCUT2D eigenvalue weighted by Crippen LogP contribution is -2.43. The van der Waals surface area contributed by atoms with Crippen LogP contribution in [0.5, 0.6) is 0 Å². The molecule has 1 fully saturated rings. The Hall–Kier alpha value is -3.26. The van der Waals surface area contributed by atoms with Crippen molar-refractivity contribution in [2.45, 2.75) is 63.1 Å². The molecule has 2 aromatic heterocycles. The number of aliphatic hydroxyl groups is 1. The molecule has 10 nitrogen and oxygen atoms in total. The van der Waals surface area contributed by atoms with E-state index in [0.29, 0.717) is 62.3 Å². The number of carbonyl (C=O) groups excluding carboxylic acids is 1. The van der Waals surface area contributed by atoms with Crippen molar-refractivity contribution in [1.29, 1.82) is 0 Å². The molecule has 6 rings (SSSR count). The highest BCUT2D eigenvalue weighted by molar-refractivity contribution is 6.33. The van der Waals surface area contributed by atoms with Crippen molar-refractivity contribution in [3.8, 4) is 0 Å². The number of hydrogen-bond acceptors (Lipinski definition) is 7. The van der Waals surface area contributed by atoms with Crippen LogP contribution in [0.4, 0.5) is 18.9 Å². The van der Waals surface area contributed by atoms with E-state index in [2.05, 4.69) is 20.7 Å². The number of alkyl halides is 3. The summed E-state index contributed by atoms with van der Waals surface area (Å²) in [5.41, 5.74) is -0.337. The number of allylic oxidation sites excluding steroid dienone is 1. The lowest BCUT2D eigenvalue weighted by atomic mass is 9.86. The van der Waals surface area contributed by atoms with Crippen LogP contribution in [-0.2, 0) is 34.5 Å². The number of piperidine rings is 1. The Morgan fingerprint density at radius 1 is 1.30 bits per heavy atom. The fraction of sp³-hybridized carbons (Fsp3) is 0.462. The minimum absolute atomic E-state index is 0.0209. The van der Waals surface area contributed by atoms with E-state index in [4.69, 9.17) is 16.3 Å². The van der Waals surface area contributed by atoms with E-state index in [1.807, 2.05) is 6.08 Å². The summed E-state index contributed by atoms with van der Waals surface area (Å²) in [7, 11) is 0. The Kier molecular flexibility index (Phi) is 6.72. The third-order valence-electron chi connectivity index (χ3n) is 7.75. The topological polar surface area (TPSA) is 123 Å². The number of benzene rings is 1. The molecule has 0 saturated carbocycles. The standard InChI is InChI=1S/C26H26ClF3N6O4/c27-17-11-15(26(28,29)30)3-6-18(17)32-20(38)12-35-19-13-40-25(7-9-31-10-8-25)21(19)23(39)36-24(35)33-22(34-36)14-1-4-16(37)5-2-14/h1,3,6,11,16,31,37H,2,4-5,7-10,12-13H2,(H,32,38). The fourth-order valence-electron chi connectivity index (χ4n) is 5.66. The van der Waals surface area contributed by atoms with Crippen LogP contribution in [-0.4, -0.2) is 49.4 Å². The zero-order chi connectivity index (χ0) is 28.2. The predicted molar refractivity (Wildman–Crippen MR) is 139 cm³/mol. The fourth-order valence-corrected chi connectivity index (χ4v) is 5.89. The quantitative estimate of drug-likeness (QED) is 0.434.